The minimum atomic E-state index is 0.323. The molecule has 3 aromatic rings. The highest BCUT2D eigenvalue weighted by Gasteiger charge is 2.13. The predicted molar refractivity (Wildman–Crippen MR) is 82.0 cm³/mol. The summed E-state index contributed by atoms with van der Waals surface area (Å²) < 4.78 is 1.86. The molecule has 0 fully saturated rings. The largest absolute Gasteiger partial charge is 0.215 e. The van der Waals surface area contributed by atoms with Crippen LogP contribution >= 0.6 is 23.1 Å². The van der Waals surface area contributed by atoms with E-state index in [1.54, 1.807) is 23.1 Å². The Morgan fingerprint density at radius 1 is 1.20 bits per heavy atom. The number of hydrogen-bond donors (Lipinski definition) is 0. The van der Waals surface area contributed by atoms with Gasteiger partial charge in [-0.3, -0.25) is 0 Å². The van der Waals surface area contributed by atoms with Gasteiger partial charge in [-0.15, -0.1) is 16.4 Å². The van der Waals surface area contributed by atoms with E-state index in [0.717, 1.165) is 11.7 Å². The molecule has 2 aromatic heterocycles. The second-order valence-electron chi connectivity index (χ2n) is 4.37. The fourth-order valence-corrected chi connectivity index (χ4v) is 3.48. The molecule has 0 saturated heterocycles. The van der Waals surface area contributed by atoms with E-state index in [4.69, 9.17) is 0 Å². The standard InChI is InChI=1S/C14H14N4S2/c1-11(12-6-3-2-4-7-12)20-14-15-16-17-18(14)10-13-8-5-9-19-13/h2-9,11H,10H2,1H3. The first-order valence-electron chi connectivity index (χ1n) is 6.33. The SMILES string of the molecule is CC(Sc1nnnn1Cc1cccs1)c1ccccc1. The smallest absolute Gasteiger partial charge is 0.210 e. The Morgan fingerprint density at radius 3 is 2.80 bits per heavy atom. The third-order valence-corrected chi connectivity index (χ3v) is 4.93. The minimum Gasteiger partial charge on any atom is -0.215 e. The van der Waals surface area contributed by atoms with Crippen LogP contribution in [0.15, 0.2) is 53.0 Å². The van der Waals surface area contributed by atoms with Crippen molar-refractivity contribution in [2.24, 2.45) is 0 Å². The van der Waals surface area contributed by atoms with Crippen molar-refractivity contribution in [3.63, 3.8) is 0 Å². The number of aromatic nitrogens is 4. The zero-order chi connectivity index (χ0) is 13.8. The molecule has 0 aliphatic rings. The van der Waals surface area contributed by atoms with E-state index in [1.807, 2.05) is 16.8 Å². The van der Waals surface area contributed by atoms with E-state index < -0.39 is 0 Å². The van der Waals surface area contributed by atoms with Crippen molar-refractivity contribution in [2.45, 2.75) is 23.9 Å². The third-order valence-electron chi connectivity index (χ3n) is 2.94. The minimum absolute atomic E-state index is 0.323. The molecule has 0 aliphatic carbocycles. The molecule has 1 unspecified atom stereocenters. The number of rotatable bonds is 5. The maximum absolute atomic E-state index is 4.13. The number of thioether (sulfide) groups is 1. The first-order chi connectivity index (χ1) is 9.83. The molecular weight excluding hydrogens is 288 g/mol. The van der Waals surface area contributed by atoms with Crippen LogP contribution in [0.4, 0.5) is 0 Å². The van der Waals surface area contributed by atoms with Crippen LogP contribution in [0.2, 0.25) is 0 Å². The van der Waals surface area contributed by atoms with Gasteiger partial charge in [0.05, 0.1) is 6.54 Å². The second kappa shape index (κ2) is 6.19. The van der Waals surface area contributed by atoms with Gasteiger partial charge in [-0.1, -0.05) is 48.2 Å². The Morgan fingerprint density at radius 2 is 2.05 bits per heavy atom. The highest BCUT2D eigenvalue weighted by molar-refractivity contribution is 7.99. The molecule has 0 saturated carbocycles. The highest BCUT2D eigenvalue weighted by atomic mass is 32.2. The van der Waals surface area contributed by atoms with Crippen molar-refractivity contribution in [3.05, 3.63) is 58.3 Å². The Balaban J connectivity index is 1.73. The van der Waals surface area contributed by atoms with Crippen LogP contribution in [0.1, 0.15) is 22.6 Å². The molecule has 102 valence electrons. The number of tetrazole rings is 1. The summed E-state index contributed by atoms with van der Waals surface area (Å²) in [6.07, 6.45) is 0. The number of thiophene rings is 1. The maximum Gasteiger partial charge on any atom is 0.210 e. The molecule has 0 radical (unpaired) electrons. The number of benzene rings is 1. The maximum atomic E-state index is 4.13. The molecule has 0 amide bonds. The molecule has 1 aromatic carbocycles. The van der Waals surface area contributed by atoms with E-state index in [0.29, 0.717) is 5.25 Å². The normalized spacial score (nSPS) is 12.4. The molecule has 20 heavy (non-hydrogen) atoms. The van der Waals surface area contributed by atoms with Crippen molar-refractivity contribution in [1.29, 1.82) is 0 Å². The molecule has 0 aliphatic heterocycles. The van der Waals surface area contributed by atoms with Crippen LogP contribution in [-0.2, 0) is 6.54 Å². The lowest BCUT2D eigenvalue weighted by Gasteiger charge is -2.10. The summed E-state index contributed by atoms with van der Waals surface area (Å²) in [7, 11) is 0. The summed E-state index contributed by atoms with van der Waals surface area (Å²) in [5.41, 5.74) is 1.28. The first-order valence-corrected chi connectivity index (χ1v) is 8.09. The van der Waals surface area contributed by atoms with Gasteiger partial charge in [0.2, 0.25) is 5.16 Å². The topological polar surface area (TPSA) is 43.6 Å². The Labute approximate surface area is 125 Å². The van der Waals surface area contributed by atoms with Gasteiger partial charge in [-0.25, -0.2) is 4.68 Å². The summed E-state index contributed by atoms with van der Waals surface area (Å²) in [4.78, 5) is 1.26. The summed E-state index contributed by atoms with van der Waals surface area (Å²) >= 11 is 3.40. The summed E-state index contributed by atoms with van der Waals surface area (Å²) in [6, 6.07) is 14.5. The van der Waals surface area contributed by atoms with Gasteiger partial charge in [0.15, 0.2) is 0 Å². The number of nitrogens with zero attached hydrogens (tertiary/aromatic N) is 4. The van der Waals surface area contributed by atoms with Gasteiger partial charge < -0.3 is 0 Å². The van der Waals surface area contributed by atoms with Crippen LogP contribution in [-0.4, -0.2) is 20.2 Å². The van der Waals surface area contributed by atoms with Crippen molar-refractivity contribution in [2.75, 3.05) is 0 Å². The van der Waals surface area contributed by atoms with Gasteiger partial charge in [-0.2, -0.15) is 0 Å². The van der Waals surface area contributed by atoms with Crippen LogP contribution in [0, 0.1) is 0 Å². The molecule has 3 rings (SSSR count). The highest BCUT2D eigenvalue weighted by Crippen LogP contribution is 2.33. The van der Waals surface area contributed by atoms with Crippen LogP contribution in [0.25, 0.3) is 0 Å². The predicted octanol–water partition coefficient (Wildman–Crippen LogP) is 3.64. The molecule has 0 bridgehead atoms. The van der Waals surface area contributed by atoms with Crippen molar-refractivity contribution < 1.29 is 0 Å². The van der Waals surface area contributed by atoms with Crippen LogP contribution in [0.3, 0.4) is 0 Å². The zero-order valence-electron chi connectivity index (χ0n) is 11.0. The van der Waals surface area contributed by atoms with E-state index in [9.17, 15) is 0 Å². The van der Waals surface area contributed by atoms with E-state index >= 15 is 0 Å². The third kappa shape index (κ3) is 3.08. The van der Waals surface area contributed by atoms with Crippen molar-refractivity contribution in [1.82, 2.24) is 20.2 Å². The average Bonchev–Trinajstić information content (AvgIpc) is 3.13. The van der Waals surface area contributed by atoms with Crippen LogP contribution < -0.4 is 0 Å². The van der Waals surface area contributed by atoms with E-state index in [1.165, 1.54) is 10.4 Å². The lowest BCUT2D eigenvalue weighted by Crippen LogP contribution is -2.03. The van der Waals surface area contributed by atoms with Gasteiger partial charge in [0, 0.05) is 10.1 Å². The second-order valence-corrected chi connectivity index (χ2v) is 6.71. The summed E-state index contributed by atoms with van der Waals surface area (Å²) in [5.74, 6) is 0. The van der Waals surface area contributed by atoms with E-state index in [-0.39, 0.29) is 0 Å². The zero-order valence-corrected chi connectivity index (χ0v) is 12.6. The summed E-state index contributed by atoms with van der Waals surface area (Å²) in [6.45, 7) is 2.90. The lowest BCUT2D eigenvalue weighted by molar-refractivity contribution is 0.607. The van der Waals surface area contributed by atoms with Crippen molar-refractivity contribution in [3.8, 4) is 0 Å². The van der Waals surface area contributed by atoms with Crippen molar-refractivity contribution >= 4 is 23.1 Å². The molecule has 1 atom stereocenters. The number of hydrogen-bond acceptors (Lipinski definition) is 5. The molecular formula is C14H14N4S2. The molecule has 0 N–H and O–H groups in total. The summed E-state index contributed by atoms with van der Waals surface area (Å²) in [5, 5.41) is 15.3. The molecule has 4 nitrogen and oxygen atoms in total. The Kier molecular flexibility index (Phi) is 4.13. The fraction of sp³-hybridized carbons (Fsp3) is 0.214. The average molecular weight is 302 g/mol. The van der Waals surface area contributed by atoms with Gasteiger partial charge in [-0.05, 0) is 34.4 Å². The Hall–Kier alpha value is -1.66. The fourth-order valence-electron chi connectivity index (χ4n) is 1.88. The van der Waals surface area contributed by atoms with Gasteiger partial charge in [0.25, 0.3) is 0 Å². The van der Waals surface area contributed by atoms with E-state index in [2.05, 4.69) is 58.2 Å². The first kappa shape index (κ1) is 13.3. The molecule has 2 heterocycles. The molecule has 0 spiro atoms. The lowest BCUT2D eigenvalue weighted by atomic mass is 10.2. The van der Waals surface area contributed by atoms with Crippen LogP contribution in [0.5, 0.6) is 0 Å². The molecule has 6 heteroatoms. The van der Waals surface area contributed by atoms with Gasteiger partial charge >= 0.3 is 0 Å². The quantitative estimate of drug-likeness (QED) is 0.675. The Bertz CT molecular complexity index is 649. The van der Waals surface area contributed by atoms with Gasteiger partial charge in [0.1, 0.15) is 0 Å². The monoisotopic (exact) mass is 302 g/mol.